The van der Waals surface area contributed by atoms with Crippen LogP contribution in [0.25, 0.3) is 11.0 Å². The third-order valence-corrected chi connectivity index (χ3v) is 6.03. The molecule has 0 aliphatic carbocycles. The van der Waals surface area contributed by atoms with E-state index < -0.39 is 0 Å². The number of amides is 2. The summed E-state index contributed by atoms with van der Waals surface area (Å²) in [6.07, 6.45) is 3.16. The van der Waals surface area contributed by atoms with Crippen molar-refractivity contribution < 1.29 is 14.7 Å². The van der Waals surface area contributed by atoms with Crippen LogP contribution in [-0.2, 0) is 22.7 Å². The molecule has 3 aliphatic rings. The highest BCUT2D eigenvalue weighted by Gasteiger charge is 2.41. The van der Waals surface area contributed by atoms with E-state index in [1.807, 2.05) is 38.6 Å². The Morgan fingerprint density at radius 1 is 1.21 bits per heavy atom. The van der Waals surface area contributed by atoms with Gasteiger partial charge in [-0.3, -0.25) is 9.59 Å². The van der Waals surface area contributed by atoms with Crippen molar-refractivity contribution in [2.45, 2.75) is 51.8 Å². The number of fused-ring (bicyclic) bond motifs is 5. The minimum atomic E-state index is -0.156. The molecule has 3 fully saturated rings. The predicted octanol–water partition coefficient (Wildman–Crippen LogP) is 1.78. The number of imidazole rings is 1. The first kappa shape index (κ1) is 18.9. The number of carbonyl (C=O) groups is 2. The van der Waals surface area contributed by atoms with Crippen molar-refractivity contribution in [3.8, 4) is 0 Å². The van der Waals surface area contributed by atoms with E-state index in [-0.39, 0.29) is 30.4 Å². The first-order chi connectivity index (χ1) is 13.6. The summed E-state index contributed by atoms with van der Waals surface area (Å²) in [6, 6.07) is 7.87. The number of piperidine rings is 1. The number of carbonyl (C=O) groups excluding carboxylic acids is 2. The van der Waals surface area contributed by atoms with Crippen molar-refractivity contribution in [2.24, 2.45) is 5.92 Å². The Bertz CT molecular complexity index is 878. The van der Waals surface area contributed by atoms with Crippen molar-refractivity contribution in [3.05, 3.63) is 30.1 Å². The van der Waals surface area contributed by atoms with Crippen molar-refractivity contribution in [3.63, 3.8) is 0 Å². The summed E-state index contributed by atoms with van der Waals surface area (Å²) in [5, 5.41) is 9.64. The Hall–Kier alpha value is -2.41. The van der Waals surface area contributed by atoms with Gasteiger partial charge in [0.1, 0.15) is 12.4 Å². The van der Waals surface area contributed by atoms with Gasteiger partial charge in [0.25, 0.3) is 0 Å². The van der Waals surface area contributed by atoms with Crippen molar-refractivity contribution in [1.29, 1.82) is 0 Å². The predicted molar refractivity (Wildman–Crippen MR) is 105 cm³/mol. The number of hydrogen-bond donors (Lipinski definition) is 1. The summed E-state index contributed by atoms with van der Waals surface area (Å²) in [6.45, 7) is 4.36. The molecule has 1 aromatic carbocycles. The smallest absolute Gasteiger partial charge is 0.227 e. The molecule has 2 bridgehead atoms. The average Bonchev–Trinajstić information content (AvgIpc) is 2.83. The van der Waals surface area contributed by atoms with Crippen molar-refractivity contribution >= 4 is 22.8 Å². The van der Waals surface area contributed by atoms with E-state index in [1.165, 1.54) is 0 Å². The fourth-order valence-electron chi connectivity index (χ4n) is 4.64. The molecule has 1 aromatic heterocycles. The molecule has 7 heteroatoms. The molecule has 0 spiro atoms. The number of aliphatic hydroxyl groups excluding tert-OH is 1. The molecular formula is C21H28N4O3. The average molecular weight is 384 g/mol. The fraction of sp³-hybridized carbons (Fsp3) is 0.571. The van der Waals surface area contributed by atoms with Gasteiger partial charge < -0.3 is 19.5 Å². The maximum atomic E-state index is 13.0. The lowest BCUT2D eigenvalue weighted by molar-refractivity contribution is -0.139. The third kappa shape index (κ3) is 3.39. The van der Waals surface area contributed by atoms with Crippen LogP contribution in [0.5, 0.6) is 0 Å². The lowest BCUT2D eigenvalue weighted by atomic mass is 9.94. The fourth-order valence-corrected chi connectivity index (χ4v) is 4.64. The number of aryl methyl sites for hydroxylation is 1. The summed E-state index contributed by atoms with van der Waals surface area (Å²) in [5.41, 5.74) is 1.76. The zero-order valence-corrected chi connectivity index (χ0v) is 16.4. The molecule has 0 unspecified atom stereocenters. The van der Waals surface area contributed by atoms with Crippen LogP contribution >= 0.6 is 0 Å². The van der Waals surface area contributed by atoms with Gasteiger partial charge in [0, 0.05) is 38.6 Å². The number of hydrogen-bond acceptors (Lipinski definition) is 4. The van der Waals surface area contributed by atoms with E-state index in [1.54, 1.807) is 0 Å². The Kier molecular flexibility index (Phi) is 5.35. The maximum absolute atomic E-state index is 13.0. The van der Waals surface area contributed by atoms with Crippen LogP contribution in [0.4, 0.5) is 0 Å². The van der Waals surface area contributed by atoms with E-state index in [0.717, 1.165) is 36.8 Å². The molecule has 2 amide bonds. The summed E-state index contributed by atoms with van der Waals surface area (Å²) in [7, 11) is 0. The molecule has 2 aromatic rings. The normalized spacial score (nSPS) is 22.1. The van der Waals surface area contributed by atoms with Gasteiger partial charge in [0.05, 0.1) is 17.0 Å². The van der Waals surface area contributed by atoms with Crippen LogP contribution in [0.15, 0.2) is 24.3 Å². The summed E-state index contributed by atoms with van der Waals surface area (Å²) in [4.78, 5) is 34.0. The molecule has 28 heavy (non-hydrogen) atoms. The molecule has 5 rings (SSSR count). The molecule has 3 aliphatic heterocycles. The van der Waals surface area contributed by atoms with E-state index >= 15 is 0 Å². The number of nitrogens with zero attached hydrogens (tertiary/aromatic N) is 4. The first-order valence-corrected chi connectivity index (χ1v) is 10.3. The van der Waals surface area contributed by atoms with E-state index in [9.17, 15) is 14.7 Å². The standard InChI is InChI=1S/C21H28N4O3/c1-2-10-24-16-8-7-15(21(24)28)12-23(13-16)20(27)9-11-25-18-6-4-3-5-17(18)22-19(25)14-26/h3-6,15-16,26H,2,7-14H2,1H3/t15-,16+/m1/s1. The molecular weight excluding hydrogens is 356 g/mol. The molecule has 4 heterocycles. The minimum absolute atomic E-state index is 0.0590. The lowest BCUT2D eigenvalue weighted by Gasteiger charge is -2.35. The largest absolute Gasteiger partial charge is 0.388 e. The second-order valence-corrected chi connectivity index (χ2v) is 7.83. The Balaban J connectivity index is 1.47. The quantitative estimate of drug-likeness (QED) is 0.823. The Morgan fingerprint density at radius 2 is 2.04 bits per heavy atom. The highest BCUT2D eigenvalue weighted by atomic mass is 16.3. The third-order valence-electron chi connectivity index (χ3n) is 6.03. The highest BCUT2D eigenvalue weighted by Crippen LogP contribution is 2.29. The van der Waals surface area contributed by atoms with Gasteiger partial charge in [0.15, 0.2) is 0 Å². The second-order valence-electron chi connectivity index (χ2n) is 7.83. The van der Waals surface area contributed by atoms with Crippen LogP contribution < -0.4 is 0 Å². The highest BCUT2D eigenvalue weighted by molar-refractivity contribution is 5.83. The monoisotopic (exact) mass is 384 g/mol. The number of para-hydroxylation sites is 2. The molecule has 7 nitrogen and oxygen atoms in total. The SMILES string of the molecule is CCCN1C(=O)[C@@H]2CC[C@H]1CN(C(=O)CCn1c(CO)nc3ccccc31)C2. The van der Waals surface area contributed by atoms with Gasteiger partial charge in [0.2, 0.25) is 11.8 Å². The number of aliphatic hydroxyl groups is 1. The molecule has 0 saturated carbocycles. The number of rotatable bonds is 6. The summed E-state index contributed by atoms with van der Waals surface area (Å²) >= 11 is 0. The number of benzene rings is 1. The van der Waals surface area contributed by atoms with Crippen LogP contribution in [0.1, 0.15) is 38.4 Å². The molecule has 1 N–H and O–H groups in total. The molecule has 2 atom stereocenters. The van der Waals surface area contributed by atoms with Crippen molar-refractivity contribution in [1.82, 2.24) is 19.4 Å². The van der Waals surface area contributed by atoms with Gasteiger partial charge in [-0.2, -0.15) is 0 Å². The lowest BCUT2D eigenvalue weighted by Crippen LogP contribution is -2.48. The van der Waals surface area contributed by atoms with Gasteiger partial charge in [-0.1, -0.05) is 19.1 Å². The molecule has 3 saturated heterocycles. The Morgan fingerprint density at radius 3 is 2.82 bits per heavy atom. The Labute approximate surface area is 164 Å². The number of aromatic nitrogens is 2. The van der Waals surface area contributed by atoms with E-state index in [2.05, 4.69) is 11.9 Å². The zero-order chi connectivity index (χ0) is 19.7. The van der Waals surface area contributed by atoms with Crippen LogP contribution in [0, 0.1) is 5.92 Å². The van der Waals surface area contributed by atoms with E-state index in [4.69, 9.17) is 0 Å². The second kappa shape index (κ2) is 7.91. The van der Waals surface area contributed by atoms with Gasteiger partial charge in [-0.25, -0.2) is 4.98 Å². The molecule has 150 valence electrons. The van der Waals surface area contributed by atoms with Gasteiger partial charge in [-0.05, 0) is 31.4 Å². The van der Waals surface area contributed by atoms with E-state index in [0.29, 0.717) is 31.9 Å². The molecule has 0 radical (unpaired) electrons. The van der Waals surface area contributed by atoms with Crippen LogP contribution in [0.2, 0.25) is 0 Å². The van der Waals surface area contributed by atoms with Gasteiger partial charge in [-0.15, -0.1) is 0 Å². The first-order valence-electron chi connectivity index (χ1n) is 10.3. The minimum Gasteiger partial charge on any atom is -0.388 e. The maximum Gasteiger partial charge on any atom is 0.227 e. The van der Waals surface area contributed by atoms with Gasteiger partial charge >= 0.3 is 0 Å². The zero-order valence-electron chi connectivity index (χ0n) is 16.4. The topological polar surface area (TPSA) is 78.7 Å². The summed E-state index contributed by atoms with van der Waals surface area (Å²) in [5.74, 6) is 0.812. The van der Waals surface area contributed by atoms with Crippen LogP contribution in [0.3, 0.4) is 0 Å². The summed E-state index contributed by atoms with van der Waals surface area (Å²) < 4.78 is 1.92. The van der Waals surface area contributed by atoms with Crippen molar-refractivity contribution in [2.75, 3.05) is 19.6 Å². The van der Waals surface area contributed by atoms with Crippen LogP contribution in [-0.4, -0.2) is 61.9 Å².